The van der Waals surface area contributed by atoms with E-state index in [1.807, 2.05) is 0 Å². The smallest absolute Gasteiger partial charge is 0.414 e. The molecule has 1 aromatic heterocycles. The fourth-order valence-electron chi connectivity index (χ4n) is 1.92. The highest BCUT2D eigenvalue weighted by Crippen LogP contribution is 2.30. The van der Waals surface area contributed by atoms with E-state index in [4.69, 9.17) is 4.74 Å². The van der Waals surface area contributed by atoms with Gasteiger partial charge in [-0.05, 0) is 20.8 Å². The summed E-state index contributed by atoms with van der Waals surface area (Å²) in [5.41, 5.74) is -0.809. The second-order valence-electron chi connectivity index (χ2n) is 5.62. The molecule has 112 valence electrons. The van der Waals surface area contributed by atoms with Gasteiger partial charge in [-0.25, -0.2) is 9.78 Å². The van der Waals surface area contributed by atoms with Gasteiger partial charge in [-0.1, -0.05) is 0 Å². The Kier molecular flexibility index (Phi) is 3.63. The largest absolute Gasteiger partial charge is 0.443 e. The number of Topliss-reactive ketones (excluding diaryl/α,β-unsaturated/α-hetero) is 1. The van der Waals surface area contributed by atoms with E-state index < -0.39 is 16.6 Å². The molecule has 0 saturated carbocycles. The van der Waals surface area contributed by atoms with E-state index in [2.05, 4.69) is 4.98 Å². The number of aromatic nitrogens is 1. The van der Waals surface area contributed by atoms with E-state index in [0.717, 1.165) is 6.20 Å². The topological polar surface area (TPSA) is 103 Å². The summed E-state index contributed by atoms with van der Waals surface area (Å²) in [6.45, 7) is 5.26. The molecule has 0 bridgehead atoms. The van der Waals surface area contributed by atoms with Crippen LogP contribution in [0.3, 0.4) is 0 Å². The minimum Gasteiger partial charge on any atom is -0.443 e. The van der Waals surface area contributed by atoms with Gasteiger partial charge in [-0.15, -0.1) is 0 Å². The Balaban J connectivity index is 2.42. The first kappa shape index (κ1) is 14.9. The molecule has 1 aliphatic heterocycles. The molecule has 0 fully saturated rings. The maximum absolute atomic E-state index is 12.2. The van der Waals surface area contributed by atoms with Crippen LogP contribution < -0.4 is 4.90 Å². The summed E-state index contributed by atoms with van der Waals surface area (Å²) in [6, 6.07) is 1.17. The Morgan fingerprint density at radius 1 is 1.48 bits per heavy atom. The van der Waals surface area contributed by atoms with Crippen LogP contribution in [-0.4, -0.2) is 33.9 Å². The zero-order valence-electron chi connectivity index (χ0n) is 12.0. The van der Waals surface area contributed by atoms with Gasteiger partial charge in [-0.2, -0.15) is 0 Å². The fraction of sp³-hybridized carbons (Fsp3) is 0.462. The molecular weight excluding hydrogens is 278 g/mol. The second-order valence-corrected chi connectivity index (χ2v) is 5.62. The van der Waals surface area contributed by atoms with Crippen LogP contribution in [0.15, 0.2) is 12.3 Å². The van der Waals surface area contributed by atoms with Crippen molar-refractivity contribution in [1.29, 1.82) is 0 Å². The molecule has 0 unspecified atom stereocenters. The summed E-state index contributed by atoms with van der Waals surface area (Å²) in [6.07, 6.45) is 0.463. The van der Waals surface area contributed by atoms with Crippen LogP contribution >= 0.6 is 0 Å². The third-order valence-corrected chi connectivity index (χ3v) is 2.80. The number of amides is 1. The highest BCUT2D eigenvalue weighted by atomic mass is 16.6. The van der Waals surface area contributed by atoms with Crippen molar-refractivity contribution in [1.82, 2.24) is 4.98 Å². The maximum Gasteiger partial charge on any atom is 0.414 e. The predicted octanol–water partition coefficient (Wildman–Crippen LogP) is 2.32. The van der Waals surface area contributed by atoms with Gasteiger partial charge in [0.15, 0.2) is 5.78 Å². The summed E-state index contributed by atoms with van der Waals surface area (Å²) in [5, 5.41) is 10.8. The van der Waals surface area contributed by atoms with E-state index >= 15 is 0 Å². The van der Waals surface area contributed by atoms with Crippen LogP contribution in [0.25, 0.3) is 0 Å². The van der Waals surface area contributed by atoms with Gasteiger partial charge in [0, 0.05) is 19.0 Å². The van der Waals surface area contributed by atoms with Gasteiger partial charge in [-0.3, -0.25) is 19.8 Å². The number of rotatable bonds is 1. The number of ether oxygens (including phenoxy) is 1. The number of fused-ring (bicyclic) bond motifs is 1. The van der Waals surface area contributed by atoms with Gasteiger partial charge in [0.1, 0.15) is 17.5 Å². The summed E-state index contributed by atoms with van der Waals surface area (Å²) in [7, 11) is 0. The van der Waals surface area contributed by atoms with Gasteiger partial charge >= 0.3 is 6.09 Å². The predicted molar refractivity (Wildman–Crippen MR) is 73.4 cm³/mol. The van der Waals surface area contributed by atoms with E-state index in [1.165, 1.54) is 11.0 Å². The van der Waals surface area contributed by atoms with Crippen molar-refractivity contribution >= 4 is 23.3 Å². The molecule has 0 aromatic carbocycles. The Bertz CT molecular complexity index is 621. The van der Waals surface area contributed by atoms with E-state index in [9.17, 15) is 19.7 Å². The van der Waals surface area contributed by atoms with Crippen molar-refractivity contribution in [3.05, 3.63) is 28.1 Å². The lowest BCUT2D eigenvalue weighted by molar-refractivity contribution is -0.385. The summed E-state index contributed by atoms with van der Waals surface area (Å²) < 4.78 is 5.25. The molecule has 1 aromatic rings. The van der Waals surface area contributed by atoms with Crippen molar-refractivity contribution in [3.8, 4) is 0 Å². The lowest BCUT2D eigenvalue weighted by Crippen LogP contribution is -2.41. The zero-order valence-corrected chi connectivity index (χ0v) is 12.0. The molecule has 0 radical (unpaired) electrons. The molecule has 2 rings (SSSR count). The molecule has 1 amide bonds. The van der Waals surface area contributed by atoms with Crippen LogP contribution in [0.2, 0.25) is 0 Å². The monoisotopic (exact) mass is 293 g/mol. The molecule has 1 aliphatic rings. The highest BCUT2D eigenvalue weighted by Gasteiger charge is 2.32. The number of anilines is 1. The van der Waals surface area contributed by atoms with Crippen LogP contribution in [-0.2, 0) is 4.74 Å². The molecule has 0 N–H and O–H groups in total. The summed E-state index contributed by atoms with van der Waals surface area (Å²) in [5.74, 6) is -0.250. The maximum atomic E-state index is 12.2. The third kappa shape index (κ3) is 3.15. The molecular formula is C13H15N3O5. The summed E-state index contributed by atoms with van der Waals surface area (Å²) >= 11 is 0. The first-order valence-corrected chi connectivity index (χ1v) is 6.37. The van der Waals surface area contributed by atoms with Crippen LogP contribution in [0.4, 0.5) is 16.2 Å². The number of ketones is 1. The lowest BCUT2D eigenvalue weighted by atomic mass is 10.1. The van der Waals surface area contributed by atoms with Crippen molar-refractivity contribution < 1.29 is 19.2 Å². The number of nitro groups is 1. The van der Waals surface area contributed by atoms with Crippen LogP contribution in [0.1, 0.15) is 37.7 Å². The van der Waals surface area contributed by atoms with E-state index in [1.54, 1.807) is 20.8 Å². The standard InChI is InChI=1S/C13H15N3O5/c1-13(2,3)21-12(18)15-5-4-10(17)11-9(15)6-8(7-14-11)16(19)20/h6-7H,4-5H2,1-3H3. The van der Waals surface area contributed by atoms with Crippen molar-refractivity contribution in [3.63, 3.8) is 0 Å². The number of hydrogen-bond donors (Lipinski definition) is 0. The molecule has 8 nitrogen and oxygen atoms in total. The molecule has 8 heteroatoms. The number of hydrogen-bond acceptors (Lipinski definition) is 6. The molecule has 2 heterocycles. The Morgan fingerprint density at radius 3 is 2.71 bits per heavy atom. The van der Waals surface area contributed by atoms with Gasteiger partial charge < -0.3 is 4.74 Å². The first-order chi connectivity index (χ1) is 9.69. The van der Waals surface area contributed by atoms with E-state index in [-0.39, 0.29) is 35.8 Å². The second kappa shape index (κ2) is 5.12. The number of carbonyl (C=O) groups excluding carboxylic acids is 2. The third-order valence-electron chi connectivity index (χ3n) is 2.80. The summed E-state index contributed by atoms with van der Waals surface area (Å²) in [4.78, 5) is 39.2. The molecule has 0 atom stereocenters. The minimum absolute atomic E-state index is 0.0534. The van der Waals surface area contributed by atoms with E-state index in [0.29, 0.717) is 0 Å². The number of pyridine rings is 1. The molecule has 0 spiro atoms. The SMILES string of the molecule is CC(C)(C)OC(=O)N1CCC(=O)c2ncc([N+](=O)[O-])cc21. The average molecular weight is 293 g/mol. The highest BCUT2D eigenvalue weighted by molar-refractivity contribution is 6.06. The minimum atomic E-state index is -0.702. The Hall–Kier alpha value is -2.51. The number of nitrogens with zero attached hydrogens (tertiary/aromatic N) is 3. The molecule has 0 saturated heterocycles. The van der Waals surface area contributed by atoms with Crippen LogP contribution in [0.5, 0.6) is 0 Å². The van der Waals surface area contributed by atoms with Gasteiger partial charge in [0.25, 0.3) is 5.69 Å². The van der Waals surface area contributed by atoms with Crippen LogP contribution in [0, 0.1) is 10.1 Å². The first-order valence-electron chi connectivity index (χ1n) is 6.37. The molecule has 21 heavy (non-hydrogen) atoms. The van der Waals surface area contributed by atoms with Crippen molar-refractivity contribution in [2.45, 2.75) is 32.8 Å². The normalized spacial score (nSPS) is 14.6. The van der Waals surface area contributed by atoms with Gasteiger partial charge in [0.05, 0.1) is 10.6 Å². The number of carbonyl (C=O) groups is 2. The Labute approximate surface area is 120 Å². The quantitative estimate of drug-likeness (QED) is 0.581. The average Bonchev–Trinajstić information content (AvgIpc) is 2.36. The Morgan fingerprint density at radius 2 is 2.14 bits per heavy atom. The van der Waals surface area contributed by atoms with Crippen molar-refractivity contribution in [2.24, 2.45) is 0 Å². The van der Waals surface area contributed by atoms with Gasteiger partial charge in [0.2, 0.25) is 0 Å². The van der Waals surface area contributed by atoms with Crippen molar-refractivity contribution in [2.75, 3.05) is 11.4 Å². The molecule has 0 aliphatic carbocycles. The fourth-order valence-corrected chi connectivity index (χ4v) is 1.92. The zero-order chi connectivity index (χ0) is 15.8. The lowest BCUT2D eigenvalue weighted by Gasteiger charge is -2.30.